The summed E-state index contributed by atoms with van der Waals surface area (Å²) in [7, 11) is 6.62. The first-order valence-electron chi connectivity index (χ1n) is 12.7. The van der Waals surface area contributed by atoms with Gasteiger partial charge in [0.1, 0.15) is 51.9 Å². The average Bonchev–Trinajstić information content (AvgIpc) is 2.97. The zero-order valence-electron chi connectivity index (χ0n) is 22.9. The van der Waals surface area contributed by atoms with E-state index in [4.69, 9.17) is 37.4 Å². The van der Waals surface area contributed by atoms with Gasteiger partial charge in [-0.25, -0.2) is 14.8 Å². The fourth-order valence-corrected chi connectivity index (χ4v) is 4.63. The molecule has 1 aromatic heterocycles. The first kappa shape index (κ1) is 29.5. The van der Waals surface area contributed by atoms with E-state index in [1.807, 2.05) is 24.3 Å². The third kappa shape index (κ3) is 7.36. The summed E-state index contributed by atoms with van der Waals surface area (Å²) in [5.41, 5.74) is 0.972. The van der Waals surface area contributed by atoms with Gasteiger partial charge < -0.3 is 29.7 Å². The van der Waals surface area contributed by atoms with Crippen molar-refractivity contribution in [2.45, 2.75) is 0 Å². The maximum atomic E-state index is 13.0. The van der Waals surface area contributed by atoms with Crippen molar-refractivity contribution in [3.63, 3.8) is 0 Å². The number of carbonyl (C=O) groups excluding carboxylic acids is 1. The van der Waals surface area contributed by atoms with Crippen LogP contribution in [0.15, 0.2) is 42.7 Å². The van der Waals surface area contributed by atoms with Gasteiger partial charge in [0.25, 0.3) is 0 Å². The van der Waals surface area contributed by atoms with E-state index < -0.39 is 6.03 Å². The Labute approximate surface area is 243 Å². The smallest absolute Gasteiger partial charge is 0.327 e. The van der Waals surface area contributed by atoms with E-state index in [1.165, 1.54) is 25.4 Å². The molecule has 0 spiro atoms. The Balaban J connectivity index is 1.35. The van der Waals surface area contributed by atoms with E-state index in [2.05, 4.69) is 37.4 Å². The second-order valence-corrected chi connectivity index (χ2v) is 9.93. The van der Waals surface area contributed by atoms with Crippen molar-refractivity contribution in [1.29, 1.82) is 0 Å². The van der Waals surface area contributed by atoms with Crippen molar-refractivity contribution < 1.29 is 19.0 Å². The van der Waals surface area contributed by atoms with Gasteiger partial charge in [-0.1, -0.05) is 23.2 Å². The van der Waals surface area contributed by atoms with Gasteiger partial charge >= 0.3 is 6.03 Å². The van der Waals surface area contributed by atoms with Crippen LogP contribution in [0.25, 0.3) is 0 Å². The minimum Gasteiger partial charge on any atom is -0.495 e. The van der Waals surface area contributed by atoms with Crippen LogP contribution in [0.1, 0.15) is 0 Å². The third-order valence-corrected chi connectivity index (χ3v) is 7.26. The Morgan fingerprint density at radius 1 is 1.00 bits per heavy atom. The Bertz CT molecular complexity index is 1280. The number of nitrogens with one attached hydrogen (secondary N) is 2. The van der Waals surface area contributed by atoms with Gasteiger partial charge in [0.2, 0.25) is 0 Å². The maximum Gasteiger partial charge on any atom is 0.327 e. The van der Waals surface area contributed by atoms with Gasteiger partial charge in [-0.2, -0.15) is 0 Å². The van der Waals surface area contributed by atoms with Crippen LogP contribution in [-0.4, -0.2) is 93.4 Å². The maximum absolute atomic E-state index is 13.0. The minimum atomic E-state index is -0.526. The molecule has 0 bridgehead atoms. The molecule has 4 rings (SSSR count). The van der Waals surface area contributed by atoms with Crippen LogP contribution in [0.5, 0.6) is 17.2 Å². The predicted octanol–water partition coefficient (Wildman–Crippen LogP) is 4.84. The molecular formula is C27H33Cl2N7O4. The van der Waals surface area contributed by atoms with E-state index in [9.17, 15) is 4.79 Å². The van der Waals surface area contributed by atoms with Crippen LogP contribution in [0.4, 0.5) is 27.8 Å². The summed E-state index contributed by atoms with van der Waals surface area (Å²) in [4.78, 5) is 27.6. The molecule has 1 saturated heterocycles. The fraction of sp³-hybridized carbons (Fsp3) is 0.370. The lowest BCUT2D eigenvalue weighted by Gasteiger charge is -2.32. The van der Waals surface area contributed by atoms with Gasteiger partial charge in [0.15, 0.2) is 0 Å². The first-order chi connectivity index (χ1) is 19.3. The Morgan fingerprint density at radius 2 is 1.65 bits per heavy atom. The van der Waals surface area contributed by atoms with Crippen LogP contribution in [-0.2, 0) is 0 Å². The van der Waals surface area contributed by atoms with E-state index >= 15 is 0 Å². The van der Waals surface area contributed by atoms with E-state index in [-0.39, 0.29) is 15.7 Å². The number of amides is 2. The summed E-state index contributed by atoms with van der Waals surface area (Å²) in [6.45, 7) is 5.86. The number of anilines is 4. The number of nitrogens with zero attached hydrogens (tertiary/aromatic N) is 5. The molecule has 3 aromatic rings. The minimum absolute atomic E-state index is 0.145. The lowest BCUT2D eigenvalue weighted by Crippen LogP contribution is -2.45. The zero-order chi connectivity index (χ0) is 28.6. The number of carbonyl (C=O) groups is 1. The monoisotopic (exact) mass is 589 g/mol. The molecule has 214 valence electrons. The van der Waals surface area contributed by atoms with Gasteiger partial charge in [0, 0.05) is 57.6 Å². The normalized spacial score (nSPS) is 13.9. The molecule has 2 N–H and O–H groups in total. The van der Waals surface area contributed by atoms with Crippen LogP contribution in [0, 0.1) is 0 Å². The molecule has 1 aliphatic heterocycles. The molecule has 0 aliphatic carbocycles. The number of halogens is 2. The number of aromatic nitrogens is 2. The summed E-state index contributed by atoms with van der Waals surface area (Å²) in [5.74, 6) is 2.26. The number of likely N-dealkylation sites (N-methyl/N-ethyl adjacent to an activating group) is 1. The second kappa shape index (κ2) is 13.7. The molecule has 0 atom stereocenters. The topological polar surface area (TPSA) is 104 Å². The highest BCUT2D eigenvalue weighted by Gasteiger charge is 2.22. The van der Waals surface area contributed by atoms with E-state index in [0.717, 1.165) is 44.2 Å². The first-order valence-corrected chi connectivity index (χ1v) is 13.4. The van der Waals surface area contributed by atoms with Crippen molar-refractivity contribution >= 4 is 52.2 Å². The summed E-state index contributed by atoms with van der Waals surface area (Å²) in [6.07, 6.45) is 1.37. The quantitative estimate of drug-likeness (QED) is 0.343. The second-order valence-electron chi connectivity index (χ2n) is 9.18. The summed E-state index contributed by atoms with van der Waals surface area (Å²) >= 11 is 12.8. The third-order valence-electron chi connectivity index (χ3n) is 6.51. The molecule has 40 heavy (non-hydrogen) atoms. The molecule has 13 heteroatoms. The number of piperazine rings is 1. The van der Waals surface area contributed by atoms with E-state index in [0.29, 0.717) is 29.7 Å². The lowest BCUT2D eigenvalue weighted by atomic mass is 10.2. The number of urea groups is 1. The van der Waals surface area contributed by atoms with Crippen LogP contribution >= 0.6 is 23.2 Å². The summed E-state index contributed by atoms with van der Waals surface area (Å²) in [6, 6.07) is 10.3. The van der Waals surface area contributed by atoms with Crippen LogP contribution < -0.4 is 29.7 Å². The number of ether oxygens (including phenoxy) is 3. The molecule has 0 radical (unpaired) electrons. The molecular weight excluding hydrogens is 557 g/mol. The van der Waals surface area contributed by atoms with Gasteiger partial charge in [-0.3, -0.25) is 9.80 Å². The zero-order valence-corrected chi connectivity index (χ0v) is 24.4. The highest BCUT2D eigenvalue weighted by molar-refractivity contribution is 6.41. The number of methoxy groups -OCH3 is 2. The van der Waals surface area contributed by atoms with Crippen LogP contribution in [0.3, 0.4) is 0 Å². The fourth-order valence-electron chi connectivity index (χ4n) is 4.04. The van der Waals surface area contributed by atoms with Crippen molar-refractivity contribution in [2.24, 2.45) is 0 Å². The van der Waals surface area contributed by atoms with Gasteiger partial charge in [-0.15, -0.1) is 0 Å². The highest BCUT2D eigenvalue weighted by Crippen LogP contribution is 2.44. The van der Waals surface area contributed by atoms with Crippen molar-refractivity contribution in [3.05, 3.63) is 52.8 Å². The van der Waals surface area contributed by atoms with Crippen LogP contribution in [0.2, 0.25) is 10.0 Å². The Hall–Kier alpha value is -3.51. The van der Waals surface area contributed by atoms with Crippen molar-refractivity contribution in [3.8, 4) is 17.2 Å². The lowest BCUT2D eigenvalue weighted by molar-refractivity contribution is 0.134. The van der Waals surface area contributed by atoms with Crippen molar-refractivity contribution in [1.82, 2.24) is 19.8 Å². The highest BCUT2D eigenvalue weighted by atomic mass is 35.5. The molecule has 1 aliphatic rings. The molecule has 2 aromatic carbocycles. The van der Waals surface area contributed by atoms with E-state index in [1.54, 1.807) is 19.2 Å². The van der Waals surface area contributed by atoms with Gasteiger partial charge in [-0.05, 0) is 31.3 Å². The predicted molar refractivity (Wildman–Crippen MR) is 158 cm³/mol. The number of hydrogen-bond acceptors (Lipinski definition) is 9. The molecule has 2 heterocycles. The number of benzene rings is 2. The van der Waals surface area contributed by atoms with Crippen molar-refractivity contribution in [2.75, 3.05) is 83.2 Å². The average molecular weight is 591 g/mol. The molecule has 2 amide bonds. The summed E-state index contributed by atoms with van der Waals surface area (Å²) < 4.78 is 16.4. The largest absolute Gasteiger partial charge is 0.495 e. The molecule has 1 fully saturated rings. The number of hydrogen-bond donors (Lipinski definition) is 2. The Kier molecular flexibility index (Phi) is 10.1. The SMILES string of the molecule is COc1cc(OC)c(Cl)c(NC(=O)N(C)c2cc(Nc3ccc(OCCN4CCN(C)CC4)cc3)ncn2)c1Cl. The number of rotatable bonds is 10. The Morgan fingerprint density at radius 3 is 2.27 bits per heavy atom. The molecule has 0 saturated carbocycles. The van der Waals surface area contributed by atoms with Gasteiger partial charge in [0.05, 0.1) is 19.9 Å². The molecule has 11 nitrogen and oxygen atoms in total. The molecule has 0 unspecified atom stereocenters. The summed E-state index contributed by atoms with van der Waals surface area (Å²) in [5, 5.41) is 6.22. The standard InChI is InChI=1S/C27H33Cl2N7O4/c1-34-9-11-36(12-10-34)13-14-40-19-7-5-18(6-8-19)32-22-16-23(31-17-30-22)35(2)27(37)33-26-24(28)20(38-3)15-21(39-4)25(26)29/h5-8,15-17H,9-14H2,1-4H3,(H,33,37)(H,30,31,32).